The molecule has 0 bridgehead atoms. The molecule has 0 atom stereocenters. The summed E-state index contributed by atoms with van der Waals surface area (Å²) in [5, 5.41) is 0. The fourth-order valence-corrected chi connectivity index (χ4v) is 1.38. The monoisotopic (exact) mass is 213 g/mol. The predicted octanol–water partition coefficient (Wildman–Crippen LogP) is 0.755. The Balaban J connectivity index is 2.10. The summed E-state index contributed by atoms with van der Waals surface area (Å²) < 4.78 is 25.0. The maximum atomic E-state index is 12.5. The number of rotatable bonds is 1. The number of nitrogen functional groups attached to an aromatic ring is 1. The van der Waals surface area contributed by atoms with Crippen LogP contribution >= 0.6 is 0 Å². The van der Waals surface area contributed by atoms with Gasteiger partial charge in [-0.15, -0.1) is 0 Å². The van der Waals surface area contributed by atoms with Crippen LogP contribution in [0.5, 0.6) is 0 Å². The van der Waals surface area contributed by atoms with Gasteiger partial charge in [-0.1, -0.05) is 0 Å². The molecular weight excluding hydrogens is 204 g/mol. The topological polar surface area (TPSA) is 59.2 Å². The third-order valence-electron chi connectivity index (χ3n) is 2.13. The standard InChI is InChI=1S/C9H9F2N3O/c10-9(11)4-14(5-9)8(15)7-3-6(12)1-2-13-7/h1-3H,4-5H2,(H2,12,13). The van der Waals surface area contributed by atoms with E-state index in [-0.39, 0.29) is 5.69 Å². The molecule has 1 amide bonds. The van der Waals surface area contributed by atoms with E-state index in [0.29, 0.717) is 5.69 Å². The van der Waals surface area contributed by atoms with Gasteiger partial charge in [-0.05, 0) is 12.1 Å². The second kappa shape index (κ2) is 3.15. The average molecular weight is 213 g/mol. The molecule has 0 aliphatic carbocycles. The van der Waals surface area contributed by atoms with Crippen LogP contribution in [0.15, 0.2) is 18.3 Å². The van der Waals surface area contributed by atoms with Gasteiger partial charge in [0.15, 0.2) is 0 Å². The number of pyridine rings is 1. The number of hydrogen-bond donors (Lipinski definition) is 1. The van der Waals surface area contributed by atoms with Gasteiger partial charge in [-0.25, -0.2) is 8.78 Å². The van der Waals surface area contributed by atoms with Gasteiger partial charge >= 0.3 is 0 Å². The summed E-state index contributed by atoms with van der Waals surface area (Å²) in [5.74, 6) is -3.26. The molecule has 1 aliphatic heterocycles. The average Bonchev–Trinajstić information content (AvgIpc) is 2.13. The first-order valence-corrected chi connectivity index (χ1v) is 4.37. The summed E-state index contributed by atoms with van der Waals surface area (Å²) in [6.07, 6.45) is 1.38. The number of anilines is 1. The molecular formula is C9H9F2N3O. The van der Waals surface area contributed by atoms with Crippen LogP contribution in [0.3, 0.4) is 0 Å². The third kappa shape index (κ3) is 1.88. The van der Waals surface area contributed by atoms with Crippen molar-refractivity contribution in [1.82, 2.24) is 9.88 Å². The number of carbonyl (C=O) groups is 1. The highest BCUT2D eigenvalue weighted by Crippen LogP contribution is 2.27. The number of aromatic nitrogens is 1. The summed E-state index contributed by atoms with van der Waals surface area (Å²) >= 11 is 0. The van der Waals surface area contributed by atoms with E-state index >= 15 is 0 Å². The lowest BCUT2D eigenvalue weighted by molar-refractivity contribution is -0.113. The number of likely N-dealkylation sites (tertiary alicyclic amines) is 1. The number of nitrogens with zero attached hydrogens (tertiary/aromatic N) is 2. The second-order valence-electron chi connectivity index (χ2n) is 3.49. The molecule has 0 aromatic carbocycles. The second-order valence-corrected chi connectivity index (χ2v) is 3.49. The lowest BCUT2D eigenvalue weighted by Gasteiger charge is -2.38. The van der Waals surface area contributed by atoms with Crippen LogP contribution in [0, 0.1) is 0 Å². The van der Waals surface area contributed by atoms with Crippen molar-refractivity contribution >= 4 is 11.6 Å². The van der Waals surface area contributed by atoms with Gasteiger partial charge in [0, 0.05) is 11.9 Å². The molecule has 1 saturated heterocycles. The van der Waals surface area contributed by atoms with E-state index in [9.17, 15) is 13.6 Å². The Morgan fingerprint density at radius 1 is 1.53 bits per heavy atom. The molecule has 0 spiro atoms. The van der Waals surface area contributed by atoms with Crippen LogP contribution in [-0.2, 0) is 0 Å². The van der Waals surface area contributed by atoms with Crippen molar-refractivity contribution in [2.75, 3.05) is 18.8 Å². The van der Waals surface area contributed by atoms with Crippen LogP contribution in [-0.4, -0.2) is 34.8 Å². The molecule has 15 heavy (non-hydrogen) atoms. The molecule has 6 heteroatoms. The summed E-state index contributed by atoms with van der Waals surface area (Å²) in [4.78, 5) is 16.4. The van der Waals surface area contributed by atoms with Crippen molar-refractivity contribution in [1.29, 1.82) is 0 Å². The summed E-state index contributed by atoms with van der Waals surface area (Å²) in [5.41, 5.74) is 5.94. The molecule has 0 radical (unpaired) electrons. The normalized spacial score (nSPS) is 18.4. The lowest BCUT2D eigenvalue weighted by Crippen LogP contribution is -2.58. The van der Waals surface area contributed by atoms with E-state index in [2.05, 4.69) is 4.98 Å². The molecule has 80 valence electrons. The number of carbonyl (C=O) groups excluding carboxylic acids is 1. The first-order chi connectivity index (χ1) is 6.98. The highest BCUT2D eigenvalue weighted by molar-refractivity contribution is 5.93. The molecule has 2 heterocycles. The predicted molar refractivity (Wildman–Crippen MR) is 49.5 cm³/mol. The molecule has 4 nitrogen and oxygen atoms in total. The summed E-state index contributed by atoms with van der Waals surface area (Å²) in [7, 11) is 0. The Hall–Kier alpha value is -1.72. The van der Waals surface area contributed by atoms with E-state index < -0.39 is 24.9 Å². The first-order valence-electron chi connectivity index (χ1n) is 4.37. The number of halogens is 2. The van der Waals surface area contributed by atoms with Gasteiger partial charge in [-0.3, -0.25) is 9.78 Å². The Bertz CT molecular complexity index is 400. The van der Waals surface area contributed by atoms with Crippen LogP contribution < -0.4 is 5.73 Å². The van der Waals surface area contributed by atoms with Crippen LogP contribution in [0.2, 0.25) is 0 Å². The number of amides is 1. The minimum Gasteiger partial charge on any atom is -0.399 e. The van der Waals surface area contributed by atoms with Crippen LogP contribution in [0.4, 0.5) is 14.5 Å². The Kier molecular flexibility index (Phi) is 2.06. The van der Waals surface area contributed by atoms with Gasteiger partial charge < -0.3 is 10.6 Å². The van der Waals surface area contributed by atoms with Crippen molar-refractivity contribution in [2.24, 2.45) is 0 Å². The van der Waals surface area contributed by atoms with Crippen LogP contribution in [0.1, 0.15) is 10.5 Å². The quantitative estimate of drug-likeness (QED) is 0.749. The summed E-state index contributed by atoms with van der Waals surface area (Å²) in [6, 6.07) is 2.90. The van der Waals surface area contributed by atoms with E-state index in [0.717, 1.165) is 4.90 Å². The maximum Gasteiger partial charge on any atom is 0.282 e. The number of hydrogen-bond acceptors (Lipinski definition) is 3. The molecule has 0 unspecified atom stereocenters. The zero-order valence-electron chi connectivity index (χ0n) is 7.78. The lowest BCUT2D eigenvalue weighted by atomic mass is 10.1. The van der Waals surface area contributed by atoms with Crippen molar-refractivity contribution in [3.05, 3.63) is 24.0 Å². The van der Waals surface area contributed by atoms with E-state index in [1.54, 1.807) is 0 Å². The molecule has 1 aromatic heterocycles. The first kappa shape index (κ1) is 9.82. The largest absolute Gasteiger partial charge is 0.399 e. The highest BCUT2D eigenvalue weighted by Gasteiger charge is 2.46. The number of nitrogens with two attached hydrogens (primary N) is 1. The van der Waals surface area contributed by atoms with Gasteiger partial charge in [0.25, 0.3) is 11.8 Å². The molecule has 1 fully saturated rings. The Morgan fingerprint density at radius 2 is 2.20 bits per heavy atom. The fourth-order valence-electron chi connectivity index (χ4n) is 1.38. The van der Waals surface area contributed by atoms with E-state index in [1.165, 1.54) is 18.3 Å². The fraction of sp³-hybridized carbons (Fsp3) is 0.333. The van der Waals surface area contributed by atoms with E-state index in [4.69, 9.17) is 5.73 Å². The smallest absolute Gasteiger partial charge is 0.282 e. The highest BCUT2D eigenvalue weighted by atomic mass is 19.3. The Morgan fingerprint density at radius 3 is 2.73 bits per heavy atom. The SMILES string of the molecule is Nc1ccnc(C(=O)N2CC(F)(F)C2)c1. The van der Waals surface area contributed by atoms with Gasteiger partial charge in [0.1, 0.15) is 5.69 Å². The van der Waals surface area contributed by atoms with Crippen molar-refractivity contribution in [3.63, 3.8) is 0 Å². The number of alkyl halides is 2. The third-order valence-corrected chi connectivity index (χ3v) is 2.13. The summed E-state index contributed by atoms with van der Waals surface area (Å²) in [6.45, 7) is -1.08. The molecule has 2 rings (SSSR count). The van der Waals surface area contributed by atoms with Crippen molar-refractivity contribution in [2.45, 2.75) is 5.92 Å². The van der Waals surface area contributed by atoms with Crippen molar-refractivity contribution in [3.8, 4) is 0 Å². The minimum absolute atomic E-state index is 0.102. The Labute approximate surface area is 84.7 Å². The minimum atomic E-state index is -2.75. The van der Waals surface area contributed by atoms with Crippen molar-refractivity contribution < 1.29 is 13.6 Å². The van der Waals surface area contributed by atoms with Gasteiger partial charge in [0.2, 0.25) is 0 Å². The maximum absolute atomic E-state index is 12.5. The van der Waals surface area contributed by atoms with E-state index in [1.807, 2.05) is 0 Å². The molecule has 2 N–H and O–H groups in total. The molecule has 1 aliphatic rings. The molecule has 1 aromatic rings. The van der Waals surface area contributed by atoms with Gasteiger partial charge in [0.05, 0.1) is 13.1 Å². The van der Waals surface area contributed by atoms with Crippen LogP contribution in [0.25, 0.3) is 0 Å². The zero-order valence-corrected chi connectivity index (χ0v) is 7.78. The molecule has 0 saturated carbocycles. The van der Waals surface area contributed by atoms with Gasteiger partial charge in [-0.2, -0.15) is 0 Å². The zero-order chi connectivity index (χ0) is 11.1.